The number of carbonyl (C=O) groups excluding carboxylic acids is 3. The molecule has 0 aliphatic heterocycles. The fraction of sp³-hybridized carbons (Fsp3) is 0.438. The van der Waals surface area contributed by atoms with Crippen LogP contribution in [0.1, 0.15) is 48.5 Å². The molecule has 0 aliphatic rings. The van der Waals surface area contributed by atoms with Crippen molar-refractivity contribution in [3.8, 4) is 0 Å². The van der Waals surface area contributed by atoms with Crippen LogP contribution >= 0.6 is 0 Å². The standard InChI is InChI=1S/C16H22N2O3/c1-11(2)12-6-8-13(9-7-12)15(20)18-14(5-4-10-19)16(21)17-3/h6-11,14H,4-5H2,1-3H3,(H,17,21)(H,18,20). The molecule has 0 saturated heterocycles. The molecule has 1 aromatic rings. The van der Waals surface area contributed by atoms with E-state index in [0.29, 0.717) is 17.9 Å². The lowest BCUT2D eigenvalue weighted by atomic mass is 10.0. The minimum Gasteiger partial charge on any atom is -0.357 e. The Morgan fingerprint density at radius 2 is 1.81 bits per heavy atom. The van der Waals surface area contributed by atoms with E-state index in [-0.39, 0.29) is 18.2 Å². The highest BCUT2D eigenvalue weighted by molar-refractivity contribution is 5.97. The van der Waals surface area contributed by atoms with E-state index in [9.17, 15) is 14.4 Å². The van der Waals surface area contributed by atoms with Crippen molar-refractivity contribution in [2.75, 3.05) is 7.05 Å². The van der Waals surface area contributed by atoms with E-state index in [2.05, 4.69) is 24.5 Å². The highest BCUT2D eigenvalue weighted by Crippen LogP contribution is 2.14. The third kappa shape index (κ3) is 5.02. The maximum atomic E-state index is 12.1. The smallest absolute Gasteiger partial charge is 0.251 e. The van der Waals surface area contributed by atoms with Crippen molar-refractivity contribution < 1.29 is 14.4 Å². The Morgan fingerprint density at radius 3 is 2.29 bits per heavy atom. The van der Waals surface area contributed by atoms with Crippen molar-refractivity contribution in [1.82, 2.24) is 10.6 Å². The Labute approximate surface area is 125 Å². The minimum absolute atomic E-state index is 0.227. The topological polar surface area (TPSA) is 75.3 Å². The van der Waals surface area contributed by atoms with Gasteiger partial charge in [0.15, 0.2) is 0 Å². The van der Waals surface area contributed by atoms with Crippen LogP contribution in [0.5, 0.6) is 0 Å². The van der Waals surface area contributed by atoms with Crippen LogP contribution in [0.2, 0.25) is 0 Å². The van der Waals surface area contributed by atoms with Crippen LogP contribution in [-0.4, -0.2) is 31.2 Å². The minimum atomic E-state index is -0.697. The second-order valence-corrected chi connectivity index (χ2v) is 5.16. The van der Waals surface area contributed by atoms with Crippen LogP contribution in [0, 0.1) is 0 Å². The average molecular weight is 290 g/mol. The van der Waals surface area contributed by atoms with E-state index < -0.39 is 6.04 Å². The second kappa shape index (κ2) is 8.19. The number of amides is 2. The number of hydrogen-bond acceptors (Lipinski definition) is 3. The summed E-state index contributed by atoms with van der Waals surface area (Å²) >= 11 is 0. The molecule has 2 amide bonds. The fourth-order valence-electron chi connectivity index (χ4n) is 1.94. The van der Waals surface area contributed by atoms with Gasteiger partial charge in [-0.3, -0.25) is 9.59 Å². The van der Waals surface area contributed by atoms with Crippen LogP contribution < -0.4 is 10.6 Å². The fourth-order valence-corrected chi connectivity index (χ4v) is 1.94. The number of rotatable bonds is 7. The summed E-state index contributed by atoms with van der Waals surface area (Å²) < 4.78 is 0. The van der Waals surface area contributed by atoms with E-state index in [1.807, 2.05) is 12.1 Å². The maximum Gasteiger partial charge on any atom is 0.251 e. The molecular weight excluding hydrogens is 268 g/mol. The summed E-state index contributed by atoms with van der Waals surface area (Å²) in [6.07, 6.45) is 1.25. The monoisotopic (exact) mass is 290 g/mol. The van der Waals surface area contributed by atoms with Gasteiger partial charge in [-0.2, -0.15) is 0 Å². The lowest BCUT2D eigenvalue weighted by molar-refractivity contribution is -0.122. The van der Waals surface area contributed by atoms with Gasteiger partial charge in [0.2, 0.25) is 5.91 Å². The number of hydrogen-bond donors (Lipinski definition) is 2. The molecule has 5 heteroatoms. The van der Waals surface area contributed by atoms with Gasteiger partial charge in [0.25, 0.3) is 5.91 Å². The zero-order chi connectivity index (χ0) is 15.8. The lowest BCUT2D eigenvalue weighted by Gasteiger charge is -2.16. The number of carbonyl (C=O) groups is 3. The quantitative estimate of drug-likeness (QED) is 0.750. The predicted octanol–water partition coefficient (Wildman–Crippen LogP) is 1.63. The SMILES string of the molecule is CNC(=O)C(CCC=O)NC(=O)c1ccc(C(C)C)cc1. The molecule has 5 nitrogen and oxygen atoms in total. The van der Waals surface area contributed by atoms with Crippen LogP contribution in [0.15, 0.2) is 24.3 Å². The van der Waals surface area contributed by atoms with Crippen LogP contribution in [-0.2, 0) is 9.59 Å². The summed E-state index contributed by atoms with van der Waals surface area (Å²) in [5, 5.41) is 5.14. The zero-order valence-electron chi connectivity index (χ0n) is 12.7. The van der Waals surface area contributed by atoms with Gasteiger partial charge >= 0.3 is 0 Å². The molecule has 0 aliphatic carbocycles. The van der Waals surface area contributed by atoms with Crippen molar-refractivity contribution >= 4 is 18.1 Å². The third-order valence-electron chi connectivity index (χ3n) is 3.28. The number of benzene rings is 1. The van der Waals surface area contributed by atoms with Gasteiger partial charge in [-0.1, -0.05) is 26.0 Å². The summed E-state index contributed by atoms with van der Waals surface area (Å²) in [5.74, 6) is -0.220. The van der Waals surface area contributed by atoms with Gasteiger partial charge < -0.3 is 15.4 Å². The molecule has 0 aromatic heterocycles. The summed E-state index contributed by atoms with van der Waals surface area (Å²) in [5.41, 5.74) is 1.65. The van der Waals surface area contributed by atoms with Crippen LogP contribution in [0.3, 0.4) is 0 Å². The maximum absolute atomic E-state index is 12.1. The van der Waals surface area contributed by atoms with Crippen molar-refractivity contribution in [2.45, 2.75) is 38.6 Å². The van der Waals surface area contributed by atoms with E-state index in [1.54, 1.807) is 12.1 Å². The first kappa shape index (κ1) is 16.9. The van der Waals surface area contributed by atoms with E-state index in [1.165, 1.54) is 7.05 Å². The Balaban J connectivity index is 2.76. The average Bonchev–Trinajstić information content (AvgIpc) is 2.50. The Bertz CT molecular complexity index is 495. The van der Waals surface area contributed by atoms with Gasteiger partial charge in [-0.15, -0.1) is 0 Å². The highest BCUT2D eigenvalue weighted by Gasteiger charge is 2.19. The second-order valence-electron chi connectivity index (χ2n) is 5.16. The van der Waals surface area contributed by atoms with E-state index in [4.69, 9.17) is 0 Å². The van der Waals surface area contributed by atoms with Gasteiger partial charge in [0, 0.05) is 19.0 Å². The summed E-state index contributed by atoms with van der Waals surface area (Å²) in [4.78, 5) is 34.3. The van der Waals surface area contributed by atoms with Gasteiger partial charge in [0.1, 0.15) is 12.3 Å². The van der Waals surface area contributed by atoms with Crippen molar-refractivity contribution in [1.29, 1.82) is 0 Å². The first-order valence-corrected chi connectivity index (χ1v) is 7.05. The number of aldehydes is 1. The van der Waals surface area contributed by atoms with Crippen LogP contribution in [0.4, 0.5) is 0 Å². The third-order valence-corrected chi connectivity index (χ3v) is 3.28. The Morgan fingerprint density at radius 1 is 1.19 bits per heavy atom. The first-order valence-electron chi connectivity index (χ1n) is 7.05. The summed E-state index contributed by atoms with van der Waals surface area (Å²) in [6, 6.07) is 6.59. The van der Waals surface area contributed by atoms with Gasteiger partial charge in [-0.05, 0) is 30.0 Å². The zero-order valence-corrected chi connectivity index (χ0v) is 12.7. The normalized spacial score (nSPS) is 11.8. The molecular formula is C16H22N2O3. The van der Waals surface area contributed by atoms with Crippen molar-refractivity contribution in [2.24, 2.45) is 0 Å². The Hall–Kier alpha value is -2.17. The van der Waals surface area contributed by atoms with Crippen LogP contribution in [0.25, 0.3) is 0 Å². The summed E-state index contributed by atoms with van der Waals surface area (Å²) in [6.45, 7) is 4.16. The number of nitrogens with one attached hydrogen (secondary N) is 2. The molecule has 1 aromatic carbocycles. The summed E-state index contributed by atoms with van der Waals surface area (Å²) in [7, 11) is 1.50. The molecule has 1 atom stereocenters. The molecule has 0 fully saturated rings. The molecule has 2 N–H and O–H groups in total. The number of likely N-dealkylation sites (N-methyl/N-ethyl adjacent to an activating group) is 1. The molecule has 1 rings (SSSR count). The van der Waals surface area contributed by atoms with E-state index >= 15 is 0 Å². The largest absolute Gasteiger partial charge is 0.357 e. The van der Waals surface area contributed by atoms with E-state index in [0.717, 1.165) is 11.8 Å². The molecule has 1 unspecified atom stereocenters. The first-order chi connectivity index (χ1) is 9.99. The lowest BCUT2D eigenvalue weighted by Crippen LogP contribution is -2.45. The molecule has 0 spiro atoms. The van der Waals surface area contributed by atoms with Gasteiger partial charge in [0.05, 0.1) is 0 Å². The Kier molecular flexibility index (Phi) is 6.59. The molecule has 0 radical (unpaired) electrons. The molecule has 114 valence electrons. The molecule has 0 saturated carbocycles. The van der Waals surface area contributed by atoms with Crippen molar-refractivity contribution in [3.05, 3.63) is 35.4 Å². The van der Waals surface area contributed by atoms with Gasteiger partial charge in [-0.25, -0.2) is 0 Å². The van der Waals surface area contributed by atoms with Crippen molar-refractivity contribution in [3.63, 3.8) is 0 Å². The molecule has 0 heterocycles. The predicted molar refractivity (Wildman–Crippen MR) is 81.1 cm³/mol. The highest BCUT2D eigenvalue weighted by atomic mass is 16.2. The molecule has 0 bridgehead atoms. The molecule has 21 heavy (non-hydrogen) atoms.